The minimum atomic E-state index is 0.468. The summed E-state index contributed by atoms with van der Waals surface area (Å²) in [6.07, 6.45) is 9.93. The van der Waals surface area contributed by atoms with Gasteiger partial charge in [0.15, 0.2) is 10.6 Å². The molecule has 1 saturated carbocycles. The molecule has 2 aromatic heterocycles. The van der Waals surface area contributed by atoms with E-state index in [-0.39, 0.29) is 0 Å². The van der Waals surface area contributed by atoms with Crippen molar-refractivity contribution in [3.63, 3.8) is 0 Å². The summed E-state index contributed by atoms with van der Waals surface area (Å²) in [6, 6.07) is 4.45. The van der Waals surface area contributed by atoms with Gasteiger partial charge in [0, 0.05) is 24.0 Å². The second kappa shape index (κ2) is 5.87. The van der Waals surface area contributed by atoms with E-state index in [1.807, 2.05) is 18.3 Å². The first-order valence-electron chi connectivity index (χ1n) is 7.38. The van der Waals surface area contributed by atoms with Crippen molar-refractivity contribution in [2.75, 3.05) is 0 Å². The van der Waals surface area contributed by atoms with Crippen LogP contribution in [0.5, 0.6) is 0 Å². The minimum absolute atomic E-state index is 0.468. The number of H-pyrrole nitrogens is 1. The topological polar surface area (TPSA) is 46.5 Å². The predicted octanol–water partition coefficient (Wildman–Crippen LogP) is 4.14. The molecule has 2 aromatic rings. The highest BCUT2D eigenvalue weighted by Crippen LogP contribution is 2.38. The standard InChI is InChI=1S/C15H20N4S/c1-2-11-6-3-4-8-13(11)19-14(17-18-15(19)20)12-7-5-9-16-10-12/h5,7,9-11,13H,2-4,6,8H2,1H3,(H,18,20). The fourth-order valence-electron chi connectivity index (χ4n) is 3.32. The van der Waals surface area contributed by atoms with Crippen molar-refractivity contribution in [1.29, 1.82) is 0 Å². The van der Waals surface area contributed by atoms with Gasteiger partial charge in [-0.25, -0.2) is 0 Å². The van der Waals surface area contributed by atoms with Crippen LogP contribution in [0.25, 0.3) is 11.4 Å². The van der Waals surface area contributed by atoms with E-state index in [1.165, 1.54) is 32.1 Å². The number of hydrogen-bond donors (Lipinski definition) is 1. The second-order valence-corrected chi connectivity index (χ2v) is 5.87. The molecule has 0 aliphatic heterocycles. The fraction of sp³-hybridized carbons (Fsp3) is 0.533. The van der Waals surface area contributed by atoms with Crippen molar-refractivity contribution in [2.24, 2.45) is 5.92 Å². The molecule has 1 aliphatic rings. The van der Waals surface area contributed by atoms with Crippen molar-refractivity contribution in [2.45, 2.75) is 45.1 Å². The number of nitrogens with one attached hydrogen (secondary N) is 1. The average Bonchev–Trinajstić information content (AvgIpc) is 2.89. The van der Waals surface area contributed by atoms with Crippen LogP contribution in [0.1, 0.15) is 45.1 Å². The highest BCUT2D eigenvalue weighted by atomic mass is 32.1. The van der Waals surface area contributed by atoms with Crippen LogP contribution in [0.3, 0.4) is 0 Å². The van der Waals surface area contributed by atoms with Gasteiger partial charge in [0.05, 0.1) is 0 Å². The first-order chi connectivity index (χ1) is 9.81. The Balaban J connectivity index is 2.05. The van der Waals surface area contributed by atoms with Gasteiger partial charge in [-0.05, 0) is 43.1 Å². The van der Waals surface area contributed by atoms with Gasteiger partial charge in [-0.15, -0.1) is 0 Å². The van der Waals surface area contributed by atoms with Crippen molar-refractivity contribution in [3.8, 4) is 11.4 Å². The molecule has 2 unspecified atom stereocenters. The van der Waals surface area contributed by atoms with Crippen LogP contribution >= 0.6 is 12.2 Å². The highest BCUT2D eigenvalue weighted by molar-refractivity contribution is 7.71. The van der Waals surface area contributed by atoms with Gasteiger partial charge in [0.2, 0.25) is 0 Å². The molecule has 1 aliphatic carbocycles. The summed E-state index contributed by atoms with van der Waals surface area (Å²) < 4.78 is 2.95. The van der Waals surface area contributed by atoms with Gasteiger partial charge in [-0.1, -0.05) is 26.2 Å². The summed E-state index contributed by atoms with van der Waals surface area (Å²) >= 11 is 5.48. The van der Waals surface area contributed by atoms with Gasteiger partial charge in [-0.2, -0.15) is 5.10 Å². The smallest absolute Gasteiger partial charge is 0.195 e. The molecule has 5 heteroatoms. The third-order valence-corrected chi connectivity index (χ3v) is 4.64. The zero-order chi connectivity index (χ0) is 13.9. The number of nitrogens with zero attached hydrogens (tertiary/aromatic N) is 3. The van der Waals surface area contributed by atoms with E-state index in [9.17, 15) is 0 Å². The zero-order valence-electron chi connectivity index (χ0n) is 11.7. The molecular weight excluding hydrogens is 268 g/mol. The molecular formula is C15H20N4S. The van der Waals surface area contributed by atoms with Crippen molar-refractivity contribution in [1.82, 2.24) is 19.7 Å². The van der Waals surface area contributed by atoms with Crippen LogP contribution in [-0.2, 0) is 0 Å². The van der Waals surface area contributed by atoms with Crippen LogP contribution in [0, 0.1) is 10.7 Å². The number of hydrogen-bond acceptors (Lipinski definition) is 3. The lowest BCUT2D eigenvalue weighted by atomic mass is 9.82. The minimum Gasteiger partial charge on any atom is -0.297 e. The van der Waals surface area contributed by atoms with E-state index in [4.69, 9.17) is 12.2 Å². The Morgan fingerprint density at radius 2 is 2.25 bits per heavy atom. The molecule has 106 valence electrons. The lowest BCUT2D eigenvalue weighted by molar-refractivity contribution is 0.232. The predicted molar refractivity (Wildman–Crippen MR) is 81.9 cm³/mol. The van der Waals surface area contributed by atoms with E-state index in [2.05, 4.69) is 26.7 Å². The summed E-state index contributed by atoms with van der Waals surface area (Å²) in [7, 11) is 0. The van der Waals surface area contributed by atoms with Gasteiger partial charge in [-0.3, -0.25) is 14.6 Å². The summed E-state index contributed by atoms with van der Waals surface area (Å²) in [6.45, 7) is 2.27. The quantitative estimate of drug-likeness (QED) is 0.863. The first kappa shape index (κ1) is 13.5. The molecule has 4 nitrogen and oxygen atoms in total. The fourth-order valence-corrected chi connectivity index (χ4v) is 3.58. The summed E-state index contributed by atoms with van der Waals surface area (Å²) in [5.74, 6) is 1.62. The van der Waals surface area contributed by atoms with Crippen LogP contribution < -0.4 is 0 Å². The van der Waals surface area contributed by atoms with E-state index >= 15 is 0 Å². The Labute approximate surface area is 124 Å². The molecule has 0 radical (unpaired) electrons. The molecule has 2 heterocycles. The number of aromatic nitrogens is 4. The van der Waals surface area contributed by atoms with E-state index < -0.39 is 0 Å². The van der Waals surface area contributed by atoms with Crippen molar-refractivity contribution < 1.29 is 0 Å². The maximum atomic E-state index is 5.48. The Morgan fingerprint density at radius 1 is 1.40 bits per heavy atom. The molecule has 0 spiro atoms. The number of rotatable bonds is 3. The zero-order valence-corrected chi connectivity index (χ0v) is 12.6. The van der Waals surface area contributed by atoms with Gasteiger partial charge in [0.25, 0.3) is 0 Å². The Kier molecular flexibility index (Phi) is 3.96. The number of aromatic amines is 1. The van der Waals surface area contributed by atoms with E-state index in [1.54, 1.807) is 6.20 Å². The van der Waals surface area contributed by atoms with Crippen molar-refractivity contribution >= 4 is 12.2 Å². The van der Waals surface area contributed by atoms with Crippen LogP contribution in [0.2, 0.25) is 0 Å². The van der Waals surface area contributed by atoms with Gasteiger partial charge < -0.3 is 0 Å². The summed E-state index contributed by atoms with van der Waals surface area (Å²) in [5, 5.41) is 7.40. The molecule has 0 bridgehead atoms. The van der Waals surface area contributed by atoms with Crippen molar-refractivity contribution in [3.05, 3.63) is 29.3 Å². The lowest BCUT2D eigenvalue weighted by Crippen LogP contribution is -2.23. The summed E-state index contributed by atoms with van der Waals surface area (Å²) in [4.78, 5) is 4.19. The van der Waals surface area contributed by atoms with Crippen LogP contribution in [0.4, 0.5) is 0 Å². The molecule has 0 aromatic carbocycles. The first-order valence-corrected chi connectivity index (χ1v) is 7.79. The van der Waals surface area contributed by atoms with E-state index in [0.29, 0.717) is 12.0 Å². The Morgan fingerprint density at radius 3 is 3.00 bits per heavy atom. The average molecular weight is 288 g/mol. The number of pyridine rings is 1. The van der Waals surface area contributed by atoms with E-state index in [0.717, 1.165) is 16.2 Å². The maximum absolute atomic E-state index is 5.48. The molecule has 1 N–H and O–H groups in total. The largest absolute Gasteiger partial charge is 0.297 e. The third kappa shape index (κ3) is 2.42. The monoisotopic (exact) mass is 288 g/mol. The van der Waals surface area contributed by atoms with Crippen LogP contribution in [-0.4, -0.2) is 19.7 Å². The normalized spacial score (nSPS) is 22.9. The molecule has 0 saturated heterocycles. The van der Waals surface area contributed by atoms with Gasteiger partial charge >= 0.3 is 0 Å². The highest BCUT2D eigenvalue weighted by Gasteiger charge is 2.28. The molecule has 2 atom stereocenters. The molecule has 3 rings (SSSR count). The second-order valence-electron chi connectivity index (χ2n) is 5.48. The molecule has 20 heavy (non-hydrogen) atoms. The summed E-state index contributed by atoms with van der Waals surface area (Å²) in [5.41, 5.74) is 1.03. The van der Waals surface area contributed by atoms with Gasteiger partial charge in [0.1, 0.15) is 0 Å². The Bertz CT molecular complexity index is 616. The lowest BCUT2D eigenvalue weighted by Gasteiger charge is -2.32. The third-order valence-electron chi connectivity index (χ3n) is 4.35. The Hall–Kier alpha value is -1.49. The maximum Gasteiger partial charge on any atom is 0.195 e. The molecule has 0 amide bonds. The SMILES string of the molecule is CCC1CCCCC1n1c(-c2cccnc2)n[nH]c1=S. The molecule has 1 fully saturated rings. The van der Waals surface area contributed by atoms with Crippen LogP contribution in [0.15, 0.2) is 24.5 Å².